The van der Waals surface area contributed by atoms with Gasteiger partial charge in [-0.3, -0.25) is 4.79 Å². The zero-order chi connectivity index (χ0) is 21.1. The van der Waals surface area contributed by atoms with Crippen LogP contribution >= 0.6 is 23.1 Å². The third kappa shape index (κ3) is 4.85. The second-order valence-corrected chi connectivity index (χ2v) is 9.35. The molecular formula is C18H27N5O3S2. The number of carbonyl (C=O) groups excluding carboxylic acids is 2. The van der Waals surface area contributed by atoms with E-state index < -0.39 is 5.97 Å². The highest BCUT2D eigenvalue weighted by atomic mass is 32.2. The molecule has 28 heavy (non-hydrogen) atoms. The zero-order valence-corrected chi connectivity index (χ0v) is 18.7. The number of nitrogens with zero attached hydrogens (tertiary/aromatic N) is 3. The summed E-state index contributed by atoms with van der Waals surface area (Å²) in [5.41, 5.74) is 1.10. The lowest BCUT2D eigenvalue weighted by molar-refractivity contribution is -0.113. The lowest BCUT2D eigenvalue weighted by atomic mass is 9.96. The van der Waals surface area contributed by atoms with Gasteiger partial charge in [-0.1, -0.05) is 39.5 Å². The maximum absolute atomic E-state index is 12.5. The highest BCUT2D eigenvalue weighted by molar-refractivity contribution is 7.99. The summed E-state index contributed by atoms with van der Waals surface area (Å²) in [5, 5.41) is 12.0. The molecule has 2 rings (SSSR count). The first kappa shape index (κ1) is 22.2. The smallest absolute Gasteiger partial charge is 0.341 e. The minimum atomic E-state index is -0.414. The van der Waals surface area contributed by atoms with E-state index in [0.717, 1.165) is 10.4 Å². The topological polar surface area (TPSA) is 112 Å². The standard InChI is InChI=1S/C18H27N5O3S2/c1-7-11-10(3)28-14(13(11)15(25)26-8-2)20-12(24)9-27-17-22-21-16(23(17)19)18(4,5)6/h7-9,19H2,1-6H3,(H,20,24). The van der Waals surface area contributed by atoms with Crippen molar-refractivity contribution in [3.8, 4) is 0 Å². The summed E-state index contributed by atoms with van der Waals surface area (Å²) in [6.07, 6.45) is 0.687. The fraction of sp³-hybridized carbons (Fsp3) is 0.556. The Morgan fingerprint density at radius 3 is 2.50 bits per heavy atom. The average Bonchev–Trinajstić information content (AvgIpc) is 3.12. The van der Waals surface area contributed by atoms with Gasteiger partial charge in [0.25, 0.3) is 0 Å². The number of amides is 1. The molecule has 3 N–H and O–H groups in total. The summed E-state index contributed by atoms with van der Waals surface area (Å²) in [5.74, 6) is 6.12. The lowest BCUT2D eigenvalue weighted by Crippen LogP contribution is -2.24. The molecule has 0 aliphatic carbocycles. The number of nitrogens with one attached hydrogen (secondary N) is 1. The number of anilines is 1. The maximum atomic E-state index is 12.5. The van der Waals surface area contributed by atoms with Crippen LogP contribution in [-0.4, -0.2) is 39.1 Å². The van der Waals surface area contributed by atoms with Crippen LogP contribution in [0.25, 0.3) is 0 Å². The van der Waals surface area contributed by atoms with Crippen molar-refractivity contribution in [2.24, 2.45) is 0 Å². The molecule has 0 saturated carbocycles. The van der Waals surface area contributed by atoms with Gasteiger partial charge >= 0.3 is 5.97 Å². The number of hydrogen-bond donors (Lipinski definition) is 2. The van der Waals surface area contributed by atoms with E-state index in [9.17, 15) is 9.59 Å². The molecule has 0 fully saturated rings. The molecule has 0 aromatic carbocycles. The second-order valence-electron chi connectivity index (χ2n) is 7.18. The van der Waals surface area contributed by atoms with E-state index >= 15 is 0 Å². The molecule has 0 saturated heterocycles. The van der Waals surface area contributed by atoms with Crippen LogP contribution in [0.4, 0.5) is 5.00 Å². The third-order valence-electron chi connectivity index (χ3n) is 3.96. The van der Waals surface area contributed by atoms with Gasteiger partial charge in [-0.2, -0.15) is 0 Å². The summed E-state index contributed by atoms with van der Waals surface area (Å²) >= 11 is 2.57. The fourth-order valence-electron chi connectivity index (χ4n) is 2.69. The highest BCUT2D eigenvalue weighted by Crippen LogP contribution is 2.34. The van der Waals surface area contributed by atoms with Gasteiger partial charge in [-0.25, -0.2) is 9.47 Å². The molecule has 0 radical (unpaired) electrons. The van der Waals surface area contributed by atoms with Gasteiger partial charge in [0.15, 0.2) is 5.82 Å². The molecule has 2 aromatic heterocycles. The molecule has 0 aliphatic rings. The molecule has 0 aliphatic heterocycles. The first-order chi connectivity index (χ1) is 13.1. The predicted molar refractivity (Wildman–Crippen MR) is 113 cm³/mol. The maximum Gasteiger partial charge on any atom is 0.341 e. The van der Waals surface area contributed by atoms with Crippen LogP contribution in [0, 0.1) is 6.92 Å². The van der Waals surface area contributed by atoms with E-state index in [2.05, 4.69) is 15.5 Å². The van der Waals surface area contributed by atoms with Gasteiger partial charge in [0.2, 0.25) is 11.1 Å². The Hall–Kier alpha value is -2.07. The summed E-state index contributed by atoms with van der Waals surface area (Å²) < 4.78 is 6.57. The van der Waals surface area contributed by atoms with Crippen LogP contribution in [-0.2, 0) is 21.4 Å². The summed E-state index contributed by atoms with van der Waals surface area (Å²) in [6, 6.07) is 0. The molecule has 8 nitrogen and oxygen atoms in total. The van der Waals surface area contributed by atoms with Crippen molar-refractivity contribution in [2.45, 2.75) is 58.5 Å². The average molecular weight is 426 g/mol. The first-order valence-electron chi connectivity index (χ1n) is 9.03. The minimum Gasteiger partial charge on any atom is -0.462 e. The molecule has 0 spiro atoms. The molecule has 0 bridgehead atoms. The third-order valence-corrected chi connectivity index (χ3v) is 5.97. The van der Waals surface area contributed by atoms with E-state index in [0.29, 0.717) is 28.0 Å². The van der Waals surface area contributed by atoms with Crippen molar-refractivity contribution >= 4 is 40.0 Å². The number of esters is 1. The Morgan fingerprint density at radius 1 is 1.29 bits per heavy atom. The number of aryl methyl sites for hydroxylation is 1. The van der Waals surface area contributed by atoms with Crippen molar-refractivity contribution in [1.29, 1.82) is 0 Å². The Balaban J connectivity index is 2.12. The van der Waals surface area contributed by atoms with E-state index in [1.165, 1.54) is 27.8 Å². The second kappa shape index (κ2) is 8.95. The molecule has 0 atom stereocenters. The fourth-order valence-corrected chi connectivity index (χ4v) is 4.50. The van der Waals surface area contributed by atoms with Crippen molar-refractivity contribution < 1.29 is 14.3 Å². The minimum absolute atomic E-state index is 0.0974. The normalized spacial score (nSPS) is 11.5. The molecule has 154 valence electrons. The number of thioether (sulfide) groups is 1. The van der Waals surface area contributed by atoms with Crippen LogP contribution in [0.5, 0.6) is 0 Å². The van der Waals surface area contributed by atoms with Gasteiger partial charge in [0.1, 0.15) is 5.00 Å². The number of aromatic nitrogens is 3. The quantitative estimate of drug-likeness (QED) is 0.398. The molecule has 2 aromatic rings. The van der Waals surface area contributed by atoms with Crippen LogP contribution in [0.15, 0.2) is 5.16 Å². The SMILES string of the molecule is CCOC(=O)c1c(NC(=O)CSc2nnc(C(C)(C)C)n2N)sc(C)c1CC. The monoisotopic (exact) mass is 425 g/mol. The predicted octanol–water partition coefficient (Wildman–Crippen LogP) is 3.13. The van der Waals surface area contributed by atoms with E-state index in [1.54, 1.807) is 6.92 Å². The van der Waals surface area contributed by atoms with Crippen molar-refractivity contribution in [3.63, 3.8) is 0 Å². The van der Waals surface area contributed by atoms with Gasteiger partial charge in [0.05, 0.1) is 17.9 Å². The van der Waals surface area contributed by atoms with Crippen LogP contribution in [0.2, 0.25) is 0 Å². The lowest BCUT2D eigenvalue weighted by Gasteiger charge is -2.16. The number of thiophene rings is 1. The summed E-state index contributed by atoms with van der Waals surface area (Å²) in [4.78, 5) is 25.8. The molecule has 0 unspecified atom stereocenters. The van der Waals surface area contributed by atoms with Crippen LogP contribution in [0.1, 0.15) is 61.2 Å². The number of nitrogens with two attached hydrogens (primary N) is 1. The Labute approximate surface area is 173 Å². The van der Waals surface area contributed by atoms with Crippen molar-refractivity contribution in [2.75, 3.05) is 23.5 Å². The van der Waals surface area contributed by atoms with E-state index in [1.807, 2.05) is 34.6 Å². The Bertz CT molecular complexity index is 867. The van der Waals surface area contributed by atoms with Crippen LogP contribution < -0.4 is 11.2 Å². The molecular weight excluding hydrogens is 398 g/mol. The van der Waals surface area contributed by atoms with Gasteiger partial charge in [-0.15, -0.1) is 21.5 Å². The van der Waals surface area contributed by atoms with Gasteiger partial charge < -0.3 is 15.9 Å². The number of carbonyl (C=O) groups is 2. The summed E-state index contributed by atoms with van der Waals surface area (Å²) in [7, 11) is 0. The largest absolute Gasteiger partial charge is 0.462 e. The van der Waals surface area contributed by atoms with Crippen LogP contribution in [0.3, 0.4) is 0 Å². The van der Waals surface area contributed by atoms with Crippen molar-refractivity contribution in [3.05, 3.63) is 21.8 Å². The highest BCUT2D eigenvalue weighted by Gasteiger charge is 2.25. The number of rotatable bonds is 7. The number of hydrogen-bond acceptors (Lipinski definition) is 8. The summed E-state index contributed by atoms with van der Waals surface area (Å²) in [6.45, 7) is 11.9. The number of nitrogen functional groups attached to an aromatic ring is 1. The number of ether oxygens (including phenoxy) is 1. The molecule has 10 heteroatoms. The molecule has 1 amide bonds. The van der Waals surface area contributed by atoms with E-state index in [-0.39, 0.29) is 23.7 Å². The van der Waals surface area contributed by atoms with E-state index in [4.69, 9.17) is 10.6 Å². The zero-order valence-electron chi connectivity index (χ0n) is 17.1. The first-order valence-corrected chi connectivity index (χ1v) is 10.8. The van der Waals surface area contributed by atoms with Crippen molar-refractivity contribution in [1.82, 2.24) is 14.9 Å². The Kier molecular flexibility index (Phi) is 7.11. The Morgan fingerprint density at radius 2 is 1.96 bits per heavy atom. The molecule has 2 heterocycles. The van der Waals surface area contributed by atoms with Gasteiger partial charge in [0, 0.05) is 10.3 Å². The van der Waals surface area contributed by atoms with Gasteiger partial charge in [-0.05, 0) is 25.8 Å².